The smallest absolute Gasteiger partial charge is 0.252 e. The minimum absolute atomic E-state index is 0.172. The van der Waals surface area contributed by atoms with Gasteiger partial charge in [0, 0.05) is 18.1 Å². The van der Waals surface area contributed by atoms with Gasteiger partial charge in [0.25, 0.3) is 5.24 Å². The van der Waals surface area contributed by atoms with Crippen LogP contribution in [0.15, 0.2) is 18.2 Å². The standard InChI is InChI=1S/C14H16Cl2O3/c15-6-5-10-8-11(3-4-13(10)14(16)17)19-9-12-2-1-7-18-12/h3-4,8,12H,1-2,5-7,9H2. The van der Waals surface area contributed by atoms with Crippen molar-refractivity contribution in [3.63, 3.8) is 0 Å². The molecule has 1 aromatic carbocycles. The third kappa shape index (κ3) is 4.10. The molecular formula is C14H16Cl2O3. The molecule has 1 aliphatic heterocycles. The van der Waals surface area contributed by atoms with Gasteiger partial charge in [-0.1, -0.05) is 0 Å². The maximum absolute atomic E-state index is 11.3. The minimum atomic E-state index is -0.467. The highest BCUT2D eigenvalue weighted by atomic mass is 35.5. The van der Waals surface area contributed by atoms with Crippen LogP contribution in [0.1, 0.15) is 28.8 Å². The first-order chi connectivity index (χ1) is 9.20. The summed E-state index contributed by atoms with van der Waals surface area (Å²) in [6, 6.07) is 5.26. The lowest BCUT2D eigenvalue weighted by Gasteiger charge is -2.13. The number of halogens is 2. The zero-order chi connectivity index (χ0) is 13.7. The van der Waals surface area contributed by atoms with E-state index in [1.807, 2.05) is 6.07 Å². The molecule has 1 saturated heterocycles. The molecule has 1 atom stereocenters. The number of hydrogen-bond donors (Lipinski definition) is 0. The van der Waals surface area contributed by atoms with Crippen LogP contribution in [0.3, 0.4) is 0 Å². The topological polar surface area (TPSA) is 35.5 Å². The van der Waals surface area contributed by atoms with Crippen molar-refractivity contribution in [1.29, 1.82) is 0 Å². The SMILES string of the molecule is O=C(Cl)c1ccc(OCC2CCCO2)cc1CCCl. The van der Waals surface area contributed by atoms with Gasteiger partial charge < -0.3 is 9.47 Å². The third-order valence-corrected chi connectivity index (χ3v) is 3.50. The van der Waals surface area contributed by atoms with Gasteiger partial charge in [0.15, 0.2) is 0 Å². The van der Waals surface area contributed by atoms with Crippen molar-refractivity contribution in [2.24, 2.45) is 0 Å². The predicted octanol–water partition coefficient (Wildman–Crippen LogP) is 3.40. The fraction of sp³-hybridized carbons (Fsp3) is 0.500. The second-order valence-electron chi connectivity index (χ2n) is 4.48. The van der Waals surface area contributed by atoms with Gasteiger partial charge in [-0.05, 0) is 54.6 Å². The number of aryl methyl sites for hydroxylation is 1. The zero-order valence-electron chi connectivity index (χ0n) is 10.5. The van der Waals surface area contributed by atoms with Crippen LogP contribution in [0, 0.1) is 0 Å². The van der Waals surface area contributed by atoms with Gasteiger partial charge in [-0.3, -0.25) is 4.79 Å². The van der Waals surface area contributed by atoms with E-state index in [9.17, 15) is 4.79 Å². The summed E-state index contributed by atoms with van der Waals surface area (Å²) in [5.41, 5.74) is 1.31. The summed E-state index contributed by atoms with van der Waals surface area (Å²) in [5.74, 6) is 1.16. The minimum Gasteiger partial charge on any atom is -0.491 e. The summed E-state index contributed by atoms with van der Waals surface area (Å²) >= 11 is 11.3. The zero-order valence-corrected chi connectivity index (χ0v) is 12.0. The Hall–Kier alpha value is -0.770. The van der Waals surface area contributed by atoms with Crippen LogP contribution < -0.4 is 4.74 Å². The lowest BCUT2D eigenvalue weighted by atomic mass is 10.1. The van der Waals surface area contributed by atoms with Gasteiger partial charge in [0.1, 0.15) is 12.4 Å². The Kier molecular flexibility index (Phi) is 5.49. The fourth-order valence-corrected chi connectivity index (χ4v) is 2.51. The van der Waals surface area contributed by atoms with E-state index in [1.54, 1.807) is 12.1 Å². The molecule has 104 valence electrons. The Labute approximate surface area is 122 Å². The molecule has 1 fully saturated rings. The summed E-state index contributed by atoms with van der Waals surface area (Å²) in [7, 11) is 0. The van der Waals surface area contributed by atoms with Crippen LogP contribution in [0.4, 0.5) is 0 Å². The molecule has 1 heterocycles. The molecule has 0 amide bonds. The molecule has 0 bridgehead atoms. The van der Waals surface area contributed by atoms with Crippen molar-refractivity contribution in [1.82, 2.24) is 0 Å². The number of carbonyl (C=O) groups excluding carboxylic acids is 1. The Morgan fingerprint density at radius 2 is 2.32 bits per heavy atom. The van der Waals surface area contributed by atoms with Crippen LogP contribution in [-0.4, -0.2) is 30.4 Å². The molecule has 0 radical (unpaired) electrons. The van der Waals surface area contributed by atoms with E-state index in [1.165, 1.54) is 0 Å². The molecule has 0 aliphatic carbocycles. The number of ether oxygens (including phenoxy) is 2. The average Bonchev–Trinajstić information content (AvgIpc) is 2.90. The maximum atomic E-state index is 11.3. The van der Waals surface area contributed by atoms with Gasteiger partial charge in [-0.25, -0.2) is 0 Å². The van der Waals surface area contributed by atoms with E-state index in [4.69, 9.17) is 32.7 Å². The van der Waals surface area contributed by atoms with Crippen molar-refractivity contribution in [3.8, 4) is 5.75 Å². The third-order valence-electron chi connectivity index (χ3n) is 3.11. The van der Waals surface area contributed by atoms with Gasteiger partial charge in [0.2, 0.25) is 0 Å². The molecule has 0 aromatic heterocycles. The Morgan fingerprint density at radius 1 is 1.47 bits per heavy atom. The van der Waals surface area contributed by atoms with Gasteiger partial charge in [-0.2, -0.15) is 0 Å². The van der Waals surface area contributed by atoms with Crippen LogP contribution >= 0.6 is 23.2 Å². The second kappa shape index (κ2) is 7.13. The molecule has 19 heavy (non-hydrogen) atoms. The highest BCUT2D eigenvalue weighted by Gasteiger charge is 2.16. The van der Waals surface area contributed by atoms with E-state index in [0.717, 1.165) is 30.8 Å². The van der Waals surface area contributed by atoms with Crippen LogP contribution in [-0.2, 0) is 11.2 Å². The molecular weight excluding hydrogens is 287 g/mol. The Bertz CT molecular complexity index is 442. The maximum Gasteiger partial charge on any atom is 0.252 e. The lowest BCUT2D eigenvalue weighted by Crippen LogP contribution is -2.16. The first-order valence-electron chi connectivity index (χ1n) is 6.34. The summed E-state index contributed by atoms with van der Waals surface area (Å²) in [6.45, 7) is 1.35. The molecule has 0 spiro atoms. The lowest BCUT2D eigenvalue weighted by molar-refractivity contribution is 0.0679. The molecule has 3 nitrogen and oxygen atoms in total. The normalized spacial score (nSPS) is 18.5. The number of rotatable bonds is 6. The Balaban J connectivity index is 2.04. The second-order valence-corrected chi connectivity index (χ2v) is 5.20. The number of carbonyl (C=O) groups is 1. The van der Waals surface area contributed by atoms with E-state index in [2.05, 4.69) is 0 Å². The van der Waals surface area contributed by atoms with E-state index < -0.39 is 5.24 Å². The summed E-state index contributed by atoms with van der Waals surface area (Å²) < 4.78 is 11.2. The average molecular weight is 303 g/mol. The van der Waals surface area contributed by atoms with E-state index in [0.29, 0.717) is 24.5 Å². The predicted molar refractivity (Wildman–Crippen MR) is 75.5 cm³/mol. The molecule has 5 heteroatoms. The highest BCUT2D eigenvalue weighted by Crippen LogP contribution is 2.22. The van der Waals surface area contributed by atoms with E-state index in [-0.39, 0.29) is 6.10 Å². The number of benzene rings is 1. The number of alkyl halides is 1. The first kappa shape index (κ1) is 14.6. The Morgan fingerprint density at radius 3 is 2.95 bits per heavy atom. The largest absolute Gasteiger partial charge is 0.491 e. The van der Waals surface area contributed by atoms with Crippen molar-refractivity contribution in [3.05, 3.63) is 29.3 Å². The van der Waals surface area contributed by atoms with Gasteiger partial charge >= 0.3 is 0 Å². The van der Waals surface area contributed by atoms with Crippen LogP contribution in [0.5, 0.6) is 5.75 Å². The van der Waals surface area contributed by atoms with Crippen molar-refractivity contribution in [2.75, 3.05) is 19.1 Å². The van der Waals surface area contributed by atoms with Crippen molar-refractivity contribution in [2.45, 2.75) is 25.4 Å². The summed E-state index contributed by atoms with van der Waals surface area (Å²) in [4.78, 5) is 11.3. The summed E-state index contributed by atoms with van der Waals surface area (Å²) in [6.07, 6.45) is 2.88. The van der Waals surface area contributed by atoms with Crippen molar-refractivity contribution >= 4 is 28.4 Å². The fourth-order valence-electron chi connectivity index (χ4n) is 2.13. The molecule has 1 aliphatic rings. The molecule has 0 N–H and O–H groups in total. The van der Waals surface area contributed by atoms with Crippen LogP contribution in [0.2, 0.25) is 0 Å². The van der Waals surface area contributed by atoms with Gasteiger partial charge in [0.05, 0.1) is 6.10 Å². The van der Waals surface area contributed by atoms with E-state index >= 15 is 0 Å². The van der Waals surface area contributed by atoms with Crippen LogP contribution in [0.25, 0.3) is 0 Å². The first-order valence-corrected chi connectivity index (χ1v) is 7.25. The van der Waals surface area contributed by atoms with Crippen molar-refractivity contribution < 1.29 is 14.3 Å². The monoisotopic (exact) mass is 302 g/mol. The molecule has 1 unspecified atom stereocenters. The molecule has 0 saturated carbocycles. The highest BCUT2D eigenvalue weighted by molar-refractivity contribution is 6.67. The van der Waals surface area contributed by atoms with Gasteiger partial charge in [-0.15, -0.1) is 11.6 Å². The molecule has 1 aromatic rings. The summed E-state index contributed by atoms with van der Waals surface area (Å²) in [5, 5.41) is -0.467. The quantitative estimate of drug-likeness (QED) is 0.597. The number of hydrogen-bond acceptors (Lipinski definition) is 3. The molecule has 2 rings (SSSR count).